The summed E-state index contributed by atoms with van der Waals surface area (Å²) < 4.78 is 0. The number of nitrogens with one attached hydrogen (secondary N) is 1. The van der Waals surface area contributed by atoms with Gasteiger partial charge in [0, 0.05) is 24.2 Å². The molecule has 0 aromatic heterocycles. The Labute approximate surface area is 124 Å². The lowest BCUT2D eigenvalue weighted by Crippen LogP contribution is -2.34. The molecule has 112 valence electrons. The Morgan fingerprint density at radius 3 is 2.76 bits per heavy atom. The minimum atomic E-state index is -0.449. The zero-order valence-corrected chi connectivity index (χ0v) is 12.1. The van der Waals surface area contributed by atoms with Crippen molar-refractivity contribution in [2.24, 2.45) is 11.7 Å². The molecule has 1 fully saturated rings. The molecule has 2 aliphatic rings. The van der Waals surface area contributed by atoms with Crippen LogP contribution in [0.3, 0.4) is 0 Å². The fraction of sp³-hybridized carbons (Fsp3) is 0.500. The van der Waals surface area contributed by atoms with Crippen molar-refractivity contribution in [1.29, 1.82) is 0 Å². The molecular formula is C16H21N3O2. The molecule has 0 atom stereocenters. The quantitative estimate of drug-likeness (QED) is 0.873. The van der Waals surface area contributed by atoms with Gasteiger partial charge in [0.05, 0.1) is 0 Å². The van der Waals surface area contributed by atoms with Crippen LogP contribution in [-0.4, -0.2) is 31.4 Å². The van der Waals surface area contributed by atoms with Gasteiger partial charge in [-0.2, -0.15) is 0 Å². The lowest BCUT2D eigenvalue weighted by molar-refractivity contribution is -0.119. The van der Waals surface area contributed by atoms with Crippen LogP contribution in [-0.2, 0) is 11.2 Å². The number of nitrogens with zero attached hydrogens (tertiary/aromatic N) is 1. The van der Waals surface area contributed by atoms with E-state index in [-0.39, 0.29) is 5.91 Å². The van der Waals surface area contributed by atoms with E-state index in [9.17, 15) is 9.59 Å². The SMILES string of the molecule is NC(=O)c1ccc2c(c1)N(C(=O)CC1CCNCC1)CC2. The number of anilines is 1. The van der Waals surface area contributed by atoms with Crippen molar-refractivity contribution >= 4 is 17.5 Å². The third kappa shape index (κ3) is 2.93. The van der Waals surface area contributed by atoms with E-state index >= 15 is 0 Å². The molecule has 1 aromatic rings. The summed E-state index contributed by atoms with van der Waals surface area (Å²) in [5, 5.41) is 3.32. The molecule has 0 unspecified atom stereocenters. The highest BCUT2D eigenvalue weighted by molar-refractivity contribution is 5.99. The molecule has 3 N–H and O–H groups in total. The van der Waals surface area contributed by atoms with Crippen molar-refractivity contribution in [3.8, 4) is 0 Å². The van der Waals surface area contributed by atoms with Crippen molar-refractivity contribution in [2.45, 2.75) is 25.7 Å². The van der Waals surface area contributed by atoms with Crippen molar-refractivity contribution in [1.82, 2.24) is 5.32 Å². The first-order valence-electron chi connectivity index (χ1n) is 7.59. The van der Waals surface area contributed by atoms with Gasteiger partial charge < -0.3 is 16.0 Å². The first kappa shape index (κ1) is 14.1. The number of nitrogens with two attached hydrogens (primary N) is 1. The molecular weight excluding hydrogens is 266 g/mol. The molecule has 0 bridgehead atoms. The first-order valence-corrected chi connectivity index (χ1v) is 7.59. The minimum absolute atomic E-state index is 0.169. The van der Waals surface area contributed by atoms with Crippen LogP contribution >= 0.6 is 0 Å². The normalized spacial score (nSPS) is 18.6. The molecule has 3 rings (SSSR count). The second-order valence-corrected chi connectivity index (χ2v) is 5.90. The standard InChI is InChI=1S/C16H21N3O2/c17-16(21)13-2-1-12-5-8-19(14(12)10-13)15(20)9-11-3-6-18-7-4-11/h1-2,10-11,18H,3-9H2,(H2,17,21). The van der Waals surface area contributed by atoms with E-state index in [0.717, 1.165) is 43.6 Å². The molecule has 5 heteroatoms. The van der Waals surface area contributed by atoms with Crippen molar-refractivity contribution < 1.29 is 9.59 Å². The molecule has 2 aliphatic heterocycles. The predicted octanol–water partition coefficient (Wildman–Crippen LogP) is 1.06. The fourth-order valence-corrected chi connectivity index (χ4v) is 3.23. The second kappa shape index (κ2) is 5.85. The van der Waals surface area contributed by atoms with Gasteiger partial charge in [0.25, 0.3) is 0 Å². The van der Waals surface area contributed by atoms with Gasteiger partial charge >= 0.3 is 0 Å². The number of fused-ring (bicyclic) bond motifs is 1. The fourth-order valence-electron chi connectivity index (χ4n) is 3.23. The number of piperidine rings is 1. The molecule has 1 saturated heterocycles. The minimum Gasteiger partial charge on any atom is -0.366 e. The number of amides is 2. The van der Waals surface area contributed by atoms with Crippen molar-refractivity contribution in [3.63, 3.8) is 0 Å². The van der Waals surface area contributed by atoms with Crippen LogP contribution in [0.1, 0.15) is 35.2 Å². The number of primary amides is 1. The Hall–Kier alpha value is -1.88. The highest BCUT2D eigenvalue weighted by atomic mass is 16.2. The largest absolute Gasteiger partial charge is 0.366 e. The maximum Gasteiger partial charge on any atom is 0.248 e. The van der Waals surface area contributed by atoms with Crippen LogP contribution in [0.2, 0.25) is 0 Å². The molecule has 0 spiro atoms. The summed E-state index contributed by atoms with van der Waals surface area (Å²) in [6.45, 7) is 2.71. The molecule has 21 heavy (non-hydrogen) atoms. The van der Waals surface area contributed by atoms with Gasteiger partial charge in [0.2, 0.25) is 11.8 Å². The zero-order valence-electron chi connectivity index (χ0n) is 12.1. The summed E-state index contributed by atoms with van der Waals surface area (Å²) in [5.74, 6) is 0.194. The van der Waals surface area contributed by atoms with Crippen LogP contribution in [0.5, 0.6) is 0 Å². The van der Waals surface area contributed by atoms with Crippen LogP contribution in [0.15, 0.2) is 18.2 Å². The molecule has 0 radical (unpaired) electrons. The van der Waals surface area contributed by atoms with Crippen LogP contribution in [0.25, 0.3) is 0 Å². The Morgan fingerprint density at radius 2 is 2.05 bits per heavy atom. The Kier molecular flexibility index (Phi) is 3.92. The van der Waals surface area contributed by atoms with Crippen LogP contribution in [0.4, 0.5) is 5.69 Å². The Balaban J connectivity index is 1.74. The lowest BCUT2D eigenvalue weighted by atomic mass is 9.94. The summed E-state index contributed by atoms with van der Waals surface area (Å²) in [6.07, 6.45) is 3.58. The number of benzene rings is 1. The summed E-state index contributed by atoms with van der Waals surface area (Å²) in [4.78, 5) is 25.7. The van der Waals surface area contributed by atoms with E-state index in [1.165, 1.54) is 0 Å². The van der Waals surface area contributed by atoms with E-state index in [1.807, 2.05) is 11.0 Å². The smallest absolute Gasteiger partial charge is 0.248 e. The maximum atomic E-state index is 12.5. The first-order chi connectivity index (χ1) is 10.1. The maximum absolute atomic E-state index is 12.5. The van der Waals surface area contributed by atoms with Crippen LogP contribution < -0.4 is 16.0 Å². The third-order valence-corrected chi connectivity index (χ3v) is 4.49. The number of carbonyl (C=O) groups excluding carboxylic acids is 2. The van der Waals surface area contributed by atoms with E-state index in [2.05, 4.69) is 5.32 Å². The summed E-state index contributed by atoms with van der Waals surface area (Å²) in [5.41, 5.74) is 7.79. The van der Waals surface area contributed by atoms with Crippen molar-refractivity contribution in [3.05, 3.63) is 29.3 Å². The number of rotatable bonds is 3. The van der Waals surface area contributed by atoms with Gasteiger partial charge in [0.1, 0.15) is 0 Å². The van der Waals surface area contributed by atoms with Gasteiger partial charge in [0.15, 0.2) is 0 Å². The molecule has 2 heterocycles. The van der Waals surface area contributed by atoms with Gasteiger partial charge in [-0.1, -0.05) is 6.07 Å². The van der Waals surface area contributed by atoms with Gasteiger partial charge in [-0.3, -0.25) is 9.59 Å². The number of hydrogen-bond acceptors (Lipinski definition) is 3. The Bertz CT molecular complexity index is 565. The molecule has 1 aromatic carbocycles. The summed E-state index contributed by atoms with van der Waals surface area (Å²) in [6, 6.07) is 5.40. The topological polar surface area (TPSA) is 75.4 Å². The highest BCUT2D eigenvalue weighted by Gasteiger charge is 2.27. The Morgan fingerprint density at radius 1 is 1.29 bits per heavy atom. The monoisotopic (exact) mass is 287 g/mol. The van der Waals surface area contributed by atoms with Gasteiger partial charge in [-0.15, -0.1) is 0 Å². The number of carbonyl (C=O) groups is 2. The van der Waals surface area contributed by atoms with E-state index in [1.54, 1.807) is 12.1 Å². The van der Waals surface area contributed by atoms with Crippen molar-refractivity contribution in [2.75, 3.05) is 24.5 Å². The lowest BCUT2D eigenvalue weighted by Gasteiger charge is -2.25. The average Bonchev–Trinajstić information content (AvgIpc) is 2.91. The van der Waals surface area contributed by atoms with E-state index in [4.69, 9.17) is 5.73 Å². The van der Waals surface area contributed by atoms with Crippen LogP contribution in [0, 0.1) is 5.92 Å². The zero-order chi connectivity index (χ0) is 14.8. The third-order valence-electron chi connectivity index (χ3n) is 4.49. The number of hydrogen-bond donors (Lipinski definition) is 2. The average molecular weight is 287 g/mol. The second-order valence-electron chi connectivity index (χ2n) is 5.90. The predicted molar refractivity (Wildman–Crippen MR) is 81.2 cm³/mol. The molecule has 2 amide bonds. The molecule has 5 nitrogen and oxygen atoms in total. The molecule has 0 saturated carbocycles. The highest BCUT2D eigenvalue weighted by Crippen LogP contribution is 2.30. The van der Waals surface area contributed by atoms with Gasteiger partial charge in [-0.05, 0) is 56.0 Å². The summed E-state index contributed by atoms with van der Waals surface area (Å²) in [7, 11) is 0. The van der Waals surface area contributed by atoms with E-state index < -0.39 is 5.91 Å². The summed E-state index contributed by atoms with van der Waals surface area (Å²) >= 11 is 0. The molecule has 0 aliphatic carbocycles. The van der Waals surface area contributed by atoms with E-state index in [0.29, 0.717) is 24.4 Å². The van der Waals surface area contributed by atoms with Gasteiger partial charge in [-0.25, -0.2) is 0 Å².